The molecule has 0 spiro atoms. The van der Waals surface area contributed by atoms with Crippen molar-refractivity contribution < 1.29 is 19.1 Å². The lowest BCUT2D eigenvalue weighted by Gasteiger charge is -2.26. The highest BCUT2D eigenvalue weighted by Gasteiger charge is 2.48. The number of nitrogens with one attached hydrogen (secondary N) is 2. The van der Waals surface area contributed by atoms with Crippen molar-refractivity contribution in [2.45, 2.75) is 12.1 Å². The van der Waals surface area contributed by atoms with E-state index in [9.17, 15) is 14.4 Å². The highest BCUT2D eigenvalue weighted by Crippen LogP contribution is 2.28. The summed E-state index contributed by atoms with van der Waals surface area (Å²) in [6.07, 6.45) is 3.17. The lowest BCUT2D eigenvalue weighted by Crippen LogP contribution is -2.54. The van der Waals surface area contributed by atoms with Crippen molar-refractivity contribution in [3.63, 3.8) is 0 Å². The number of amides is 4. The number of rotatable bonds is 4. The van der Waals surface area contributed by atoms with Crippen LogP contribution < -0.4 is 21.1 Å². The molecule has 0 aliphatic carbocycles. The molecule has 1 aromatic carbocycles. The zero-order valence-corrected chi connectivity index (χ0v) is 18.7. The SMILES string of the molecule is COc1ccc2c(c1)C(=O)N(C[C@@]1(C#Cc3cncc(-c4csc(N)n4)c3)NC(=O)NC1=O)C2. The van der Waals surface area contributed by atoms with Crippen LogP contribution in [0.1, 0.15) is 21.5 Å². The molecule has 5 rings (SSSR count). The van der Waals surface area contributed by atoms with Gasteiger partial charge in [-0.3, -0.25) is 19.9 Å². The molecule has 1 atom stereocenters. The minimum absolute atomic E-state index is 0.122. The fourth-order valence-electron chi connectivity index (χ4n) is 3.86. The molecule has 2 aliphatic heterocycles. The predicted octanol–water partition coefficient (Wildman–Crippen LogP) is 1.38. The highest BCUT2D eigenvalue weighted by atomic mass is 32.1. The van der Waals surface area contributed by atoms with E-state index in [2.05, 4.69) is 32.4 Å². The van der Waals surface area contributed by atoms with Gasteiger partial charge in [-0.05, 0) is 23.8 Å². The first-order valence-electron chi connectivity index (χ1n) is 10.2. The number of carbonyl (C=O) groups is 3. The zero-order valence-electron chi connectivity index (χ0n) is 17.9. The van der Waals surface area contributed by atoms with Crippen LogP contribution >= 0.6 is 11.3 Å². The topological polar surface area (TPSA) is 140 Å². The van der Waals surface area contributed by atoms with E-state index >= 15 is 0 Å². The van der Waals surface area contributed by atoms with Gasteiger partial charge < -0.3 is 20.7 Å². The van der Waals surface area contributed by atoms with Gasteiger partial charge in [0.25, 0.3) is 11.8 Å². The summed E-state index contributed by atoms with van der Waals surface area (Å²) in [5, 5.41) is 7.06. The second kappa shape index (κ2) is 8.17. The number of carbonyl (C=O) groups excluding carboxylic acids is 3. The molecule has 1 saturated heterocycles. The number of nitrogens with two attached hydrogens (primary N) is 1. The molecule has 4 N–H and O–H groups in total. The summed E-state index contributed by atoms with van der Waals surface area (Å²) in [5.74, 6) is 5.47. The Morgan fingerprint density at radius 2 is 2.12 bits per heavy atom. The molecular weight excluding hydrogens is 456 g/mol. The van der Waals surface area contributed by atoms with Crippen LogP contribution in [0.25, 0.3) is 11.3 Å². The maximum atomic E-state index is 13.0. The number of imide groups is 1. The van der Waals surface area contributed by atoms with Crippen LogP contribution in [0.2, 0.25) is 0 Å². The molecule has 0 unspecified atom stereocenters. The molecule has 0 radical (unpaired) electrons. The predicted molar refractivity (Wildman–Crippen MR) is 124 cm³/mol. The molecule has 11 heteroatoms. The number of fused-ring (bicyclic) bond motifs is 1. The van der Waals surface area contributed by atoms with Gasteiger partial charge in [0.2, 0.25) is 5.54 Å². The monoisotopic (exact) mass is 474 g/mol. The fourth-order valence-corrected chi connectivity index (χ4v) is 4.43. The van der Waals surface area contributed by atoms with E-state index in [-0.39, 0.29) is 19.0 Å². The molecule has 0 bridgehead atoms. The average molecular weight is 475 g/mol. The Bertz CT molecular complexity index is 1410. The van der Waals surface area contributed by atoms with Crippen LogP contribution in [0.5, 0.6) is 5.75 Å². The number of ether oxygens (including phenoxy) is 1. The molecule has 10 nitrogen and oxygen atoms in total. The lowest BCUT2D eigenvalue weighted by atomic mass is 9.99. The fraction of sp³-hybridized carbons (Fsp3) is 0.174. The number of urea groups is 1. The second-order valence-corrected chi connectivity index (χ2v) is 8.67. The summed E-state index contributed by atoms with van der Waals surface area (Å²) in [4.78, 5) is 47.7. The number of hydrogen-bond donors (Lipinski definition) is 3. The first-order chi connectivity index (χ1) is 16.4. The molecule has 4 heterocycles. The Labute approximate surface area is 198 Å². The molecule has 0 saturated carbocycles. The smallest absolute Gasteiger partial charge is 0.323 e. The largest absolute Gasteiger partial charge is 0.497 e. The third kappa shape index (κ3) is 3.80. The standard InChI is InChI=1S/C23H18N6O4S/c1-33-16-3-2-14-10-29(19(30)17(14)7-16)12-23(20(31)27-22(32)28-23)5-4-13-6-15(9-25-8-13)18-11-34-21(24)26-18/h2-3,6-9,11H,10,12H2,1H3,(H2,24,26)(H2,27,28,31,32)/t23-/m1/s1. The van der Waals surface area contributed by atoms with E-state index in [0.29, 0.717) is 33.3 Å². The van der Waals surface area contributed by atoms with Crippen molar-refractivity contribution in [2.24, 2.45) is 0 Å². The number of anilines is 1. The summed E-state index contributed by atoms with van der Waals surface area (Å²) in [5.41, 5.74) is 7.29. The third-order valence-electron chi connectivity index (χ3n) is 5.54. The van der Waals surface area contributed by atoms with Gasteiger partial charge in [-0.2, -0.15) is 0 Å². The number of aromatic nitrogens is 2. The van der Waals surface area contributed by atoms with Gasteiger partial charge >= 0.3 is 6.03 Å². The zero-order chi connectivity index (χ0) is 23.9. The van der Waals surface area contributed by atoms with Crippen molar-refractivity contribution in [3.05, 3.63) is 58.7 Å². The van der Waals surface area contributed by atoms with Crippen molar-refractivity contribution in [3.8, 4) is 28.8 Å². The van der Waals surface area contributed by atoms with Crippen molar-refractivity contribution >= 4 is 34.3 Å². The number of nitrogens with zero attached hydrogens (tertiary/aromatic N) is 3. The van der Waals surface area contributed by atoms with Gasteiger partial charge in [0.15, 0.2) is 5.13 Å². The van der Waals surface area contributed by atoms with Gasteiger partial charge in [-0.15, -0.1) is 11.3 Å². The minimum Gasteiger partial charge on any atom is -0.497 e. The Balaban J connectivity index is 1.45. The van der Waals surface area contributed by atoms with E-state index in [4.69, 9.17) is 10.5 Å². The van der Waals surface area contributed by atoms with E-state index in [1.54, 1.807) is 35.8 Å². The summed E-state index contributed by atoms with van der Waals surface area (Å²) in [6, 6.07) is 6.33. The van der Waals surface area contributed by atoms with Crippen molar-refractivity contribution in [2.75, 3.05) is 19.4 Å². The quantitative estimate of drug-likeness (QED) is 0.383. The third-order valence-corrected chi connectivity index (χ3v) is 6.22. The Hall–Kier alpha value is -4.43. The number of methoxy groups -OCH3 is 1. The highest BCUT2D eigenvalue weighted by molar-refractivity contribution is 7.13. The number of nitrogen functional groups attached to an aromatic ring is 1. The summed E-state index contributed by atoms with van der Waals surface area (Å²) in [6.45, 7) is 0.163. The van der Waals surface area contributed by atoms with Crippen molar-refractivity contribution in [1.82, 2.24) is 25.5 Å². The molecule has 170 valence electrons. The van der Waals surface area contributed by atoms with Crippen LogP contribution in [0, 0.1) is 11.8 Å². The Kier molecular flexibility index (Phi) is 5.14. The summed E-state index contributed by atoms with van der Waals surface area (Å²) < 4.78 is 5.21. The Morgan fingerprint density at radius 1 is 1.26 bits per heavy atom. The molecular formula is C23H18N6O4S. The number of thiazole rings is 1. The van der Waals surface area contributed by atoms with Crippen LogP contribution in [0.15, 0.2) is 42.0 Å². The van der Waals surface area contributed by atoms with E-state index < -0.39 is 17.5 Å². The van der Waals surface area contributed by atoms with E-state index in [1.165, 1.54) is 29.5 Å². The number of pyridine rings is 1. The van der Waals surface area contributed by atoms with Gasteiger partial charge in [0, 0.05) is 41.0 Å². The molecule has 34 heavy (non-hydrogen) atoms. The van der Waals surface area contributed by atoms with Crippen LogP contribution in [0.3, 0.4) is 0 Å². The molecule has 2 aliphatic rings. The summed E-state index contributed by atoms with van der Waals surface area (Å²) in [7, 11) is 1.52. The molecule has 4 amide bonds. The second-order valence-electron chi connectivity index (χ2n) is 7.78. The van der Waals surface area contributed by atoms with Crippen LogP contribution in [0.4, 0.5) is 9.93 Å². The first kappa shape index (κ1) is 21.4. The first-order valence-corrected chi connectivity index (χ1v) is 11.0. The van der Waals surface area contributed by atoms with Crippen LogP contribution in [-0.2, 0) is 11.3 Å². The van der Waals surface area contributed by atoms with E-state index in [1.807, 2.05) is 0 Å². The number of hydrogen-bond acceptors (Lipinski definition) is 8. The molecule has 2 aromatic heterocycles. The van der Waals surface area contributed by atoms with Gasteiger partial charge in [-0.25, -0.2) is 9.78 Å². The van der Waals surface area contributed by atoms with Crippen LogP contribution in [-0.4, -0.2) is 51.9 Å². The van der Waals surface area contributed by atoms with Gasteiger partial charge in [0.05, 0.1) is 19.3 Å². The Morgan fingerprint density at radius 3 is 2.82 bits per heavy atom. The maximum absolute atomic E-state index is 13.0. The normalized spacial score (nSPS) is 18.7. The molecule has 3 aromatic rings. The summed E-state index contributed by atoms with van der Waals surface area (Å²) >= 11 is 1.31. The minimum atomic E-state index is -1.61. The van der Waals surface area contributed by atoms with E-state index in [0.717, 1.165) is 5.56 Å². The van der Waals surface area contributed by atoms with Crippen molar-refractivity contribution in [1.29, 1.82) is 0 Å². The lowest BCUT2D eigenvalue weighted by molar-refractivity contribution is -0.122. The maximum Gasteiger partial charge on any atom is 0.323 e. The molecule has 1 fully saturated rings. The number of benzene rings is 1. The average Bonchev–Trinajstić information content (AvgIpc) is 3.48. The van der Waals surface area contributed by atoms with Gasteiger partial charge in [-0.1, -0.05) is 17.9 Å². The van der Waals surface area contributed by atoms with Gasteiger partial charge in [0.1, 0.15) is 5.75 Å².